The van der Waals surface area contributed by atoms with Gasteiger partial charge in [-0.1, -0.05) is 23.2 Å². The highest BCUT2D eigenvalue weighted by Crippen LogP contribution is 2.26. The number of benzene rings is 2. The number of hydrogen-bond donors (Lipinski definition) is 1. The van der Waals surface area contributed by atoms with E-state index in [4.69, 9.17) is 27.9 Å². The lowest BCUT2D eigenvalue weighted by Crippen LogP contribution is -2.46. The second-order valence-electron chi connectivity index (χ2n) is 7.08. The Labute approximate surface area is 185 Å². The molecule has 0 spiro atoms. The molecule has 30 heavy (non-hydrogen) atoms. The number of nitrogens with zero attached hydrogens (tertiary/aromatic N) is 1. The van der Waals surface area contributed by atoms with Crippen molar-refractivity contribution in [1.29, 1.82) is 0 Å². The van der Waals surface area contributed by atoms with Crippen LogP contribution in [-0.2, 0) is 4.79 Å². The van der Waals surface area contributed by atoms with Crippen molar-refractivity contribution >= 4 is 35.0 Å². The van der Waals surface area contributed by atoms with E-state index in [1.165, 1.54) is 18.2 Å². The van der Waals surface area contributed by atoms with Gasteiger partial charge in [0.25, 0.3) is 5.91 Å². The maximum absolute atomic E-state index is 12.9. The van der Waals surface area contributed by atoms with Gasteiger partial charge in [-0.15, -0.1) is 0 Å². The van der Waals surface area contributed by atoms with Gasteiger partial charge < -0.3 is 15.0 Å². The summed E-state index contributed by atoms with van der Waals surface area (Å²) in [5.74, 6) is -0.145. The van der Waals surface area contributed by atoms with E-state index in [2.05, 4.69) is 5.32 Å². The van der Waals surface area contributed by atoms with Gasteiger partial charge in [-0.05, 0) is 68.1 Å². The van der Waals surface area contributed by atoms with Crippen molar-refractivity contribution in [3.05, 3.63) is 63.9 Å². The first-order chi connectivity index (χ1) is 14.5. The molecule has 1 N–H and O–H groups in total. The zero-order valence-electron chi connectivity index (χ0n) is 16.4. The minimum Gasteiger partial charge on any atom is -0.494 e. The molecule has 2 amide bonds. The third-order valence-electron chi connectivity index (χ3n) is 4.93. The summed E-state index contributed by atoms with van der Waals surface area (Å²) in [5, 5.41) is 3.63. The van der Waals surface area contributed by atoms with Gasteiger partial charge in [-0.3, -0.25) is 9.59 Å². The van der Waals surface area contributed by atoms with E-state index in [1.54, 1.807) is 29.2 Å². The molecule has 1 unspecified atom stereocenters. The molecule has 1 aliphatic heterocycles. The lowest BCUT2D eigenvalue weighted by molar-refractivity contribution is -0.124. The van der Waals surface area contributed by atoms with Crippen LogP contribution in [0, 0.1) is 5.82 Å². The average molecular weight is 453 g/mol. The predicted molar refractivity (Wildman–Crippen MR) is 115 cm³/mol. The summed E-state index contributed by atoms with van der Waals surface area (Å²) in [6.45, 7) is 1.47. The van der Waals surface area contributed by atoms with E-state index in [0.29, 0.717) is 47.5 Å². The van der Waals surface area contributed by atoms with Crippen molar-refractivity contribution < 1.29 is 18.7 Å². The summed E-state index contributed by atoms with van der Waals surface area (Å²) in [6.07, 6.45) is 2.84. The number of amides is 2. The molecule has 1 heterocycles. The number of nitrogens with one attached hydrogen (secondary N) is 1. The summed E-state index contributed by atoms with van der Waals surface area (Å²) in [4.78, 5) is 27.0. The fraction of sp³-hybridized carbons (Fsp3) is 0.364. The van der Waals surface area contributed by atoms with Crippen LogP contribution < -0.4 is 10.1 Å². The number of unbranched alkanes of at least 4 members (excludes halogenated alkanes) is 1. The molecule has 2 aromatic carbocycles. The highest BCUT2D eigenvalue weighted by Gasteiger charge is 2.35. The predicted octanol–water partition coefficient (Wildman–Crippen LogP) is 4.71. The number of halogens is 3. The number of likely N-dealkylation sites (tertiary alicyclic amines) is 1. The van der Waals surface area contributed by atoms with Gasteiger partial charge in [-0.2, -0.15) is 0 Å². The number of carbonyl (C=O) groups is 2. The second kappa shape index (κ2) is 10.6. The maximum atomic E-state index is 12.9. The molecule has 1 atom stereocenters. The molecule has 0 aromatic heterocycles. The van der Waals surface area contributed by atoms with Gasteiger partial charge >= 0.3 is 0 Å². The lowest BCUT2D eigenvalue weighted by Gasteiger charge is -2.24. The van der Waals surface area contributed by atoms with E-state index in [-0.39, 0.29) is 17.6 Å². The second-order valence-corrected chi connectivity index (χ2v) is 7.92. The van der Waals surface area contributed by atoms with Gasteiger partial charge in [0.2, 0.25) is 5.91 Å². The molecule has 0 aliphatic carbocycles. The molecule has 5 nitrogen and oxygen atoms in total. The number of rotatable bonds is 8. The molecule has 1 fully saturated rings. The smallest absolute Gasteiger partial charge is 0.256 e. The van der Waals surface area contributed by atoms with Crippen molar-refractivity contribution in [2.45, 2.75) is 31.7 Å². The average Bonchev–Trinajstić information content (AvgIpc) is 3.23. The van der Waals surface area contributed by atoms with Crippen LogP contribution in [0.25, 0.3) is 0 Å². The first kappa shape index (κ1) is 22.4. The van der Waals surface area contributed by atoms with Crippen molar-refractivity contribution in [3.8, 4) is 5.75 Å². The Bertz CT molecular complexity index is 892. The van der Waals surface area contributed by atoms with E-state index in [9.17, 15) is 14.0 Å². The van der Waals surface area contributed by atoms with Gasteiger partial charge in [-0.25, -0.2) is 4.39 Å². The molecule has 0 saturated carbocycles. The summed E-state index contributed by atoms with van der Waals surface area (Å²) < 4.78 is 18.4. The molecule has 8 heteroatoms. The Kier molecular flexibility index (Phi) is 7.94. The van der Waals surface area contributed by atoms with Crippen molar-refractivity contribution in [1.82, 2.24) is 10.2 Å². The largest absolute Gasteiger partial charge is 0.494 e. The Morgan fingerprint density at radius 3 is 2.67 bits per heavy atom. The van der Waals surface area contributed by atoms with E-state index in [1.807, 2.05) is 0 Å². The molecule has 1 saturated heterocycles. The minimum atomic E-state index is -0.511. The summed E-state index contributed by atoms with van der Waals surface area (Å²) in [6, 6.07) is 10.1. The maximum Gasteiger partial charge on any atom is 0.256 e. The zero-order valence-corrected chi connectivity index (χ0v) is 17.9. The van der Waals surface area contributed by atoms with Crippen molar-refractivity contribution in [3.63, 3.8) is 0 Å². The third-order valence-corrected chi connectivity index (χ3v) is 5.49. The topological polar surface area (TPSA) is 58.6 Å². The van der Waals surface area contributed by atoms with Crippen LogP contribution in [-0.4, -0.2) is 42.5 Å². The van der Waals surface area contributed by atoms with Crippen LogP contribution in [0.4, 0.5) is 4.39 Å². The molecular weight excluding hydrogens is 430 g/mol. The molecule has 3 rings (SSSR count). The molecular formula is C22H23Cl2FN2O3. The Morgan fingerprint density at radius 2 is 1.90 bits per heavy atom. The Balaban J connectivity index is 1.43. The van der Waals surface area contributed by atoms with Crippen LogP contribution in [0.5, 0.6) is 5.75 Å². The van der Waals surface area contributed by atoms with Gasteiger partial charge in [0.1, 0.15) is 17.6 Å². The Morgan fingerprint density at radius 1 is 1.13 bits per heavy atom. The van der Waals surface area contributed by atoms with Crippen LogP contribution >= 0.6 is 23.2 Å². The van der Waals surface area contributed by atoms with E-state index < -0.39 is 6.04 Å². The summed E-state index contributed by atoms with van der Waals surface area (Å²) in [5.41, 5.74) is 0.307. The van der Waals surface area contributed by atoms with Gasteiger partial charge in [0.15, 0.2) is 0 Å². The van der Waals surface area contributed by atoms with Crippen molar-refractivity contribution in [2.75, 3.05) is 19.7 Å². The molecule has 0 radical (unpaired) electrons. The van der Waals surface area contributed by atoms with E-state index in [0.717, 1.165) is 19.3 Å². The lowest BCUT2D eigenvalue weighted by atomic mass is 10.1. The van der Waals surface area contributed by atoms with Crippen LogP contribution in [0.2, 0.25) is 10.0 Å². The third kappa shape index (κ3) is 5.86. The first-order valence-corrected chi connectivity index (χ1v) is 10.6. The number of carbonyl (C=O) groups excluding carboxylic acids is 2. The van der Waals surface area contributed by atoms with Gasteiger partial charge in [0.05, 0.1) is 17.2 Å². The Hall–Kier alpha value is -2.31. The highest BCUT2D eigenvalue weighted by atomic mass is 35.5. The summed E-state index contributed by atoms with van der Waals surface area (Å²) >= 11 is 12.1. The minimum absolute atomic E-state index is 0.168. The molecule has 160 valence electrons. The first-order valence-electron chi connectivity index (χ1n) is 9.88. The highest BCUT2D eigenvalue weighted by molar-refractivity contribution is 6.35. The molecule has 1 aliphatic rings. The summed E-state index contributed by atoms with van der Waals surface area (Å²) in [7, 11) is 0. The van der Waals surface area contributed by atoms with Crippen LogP contribution in [0.3, 0.4) is 0 Å². The number of hydrogen-bond acceptors (Lipinski definition) is 3. The SMILES string of the molecule is O=C(NCCCCOc1ccc(F)cc1)C1CCCN1C(=O)c1cc(Cl)ccc1Cl. The fourth-order valence-electron chi connectivity index (χ4n) is 3.38. The normalized spacial score (nSPS) is 15.8. The monoisotopic (exact) mass is 452 g/mol. The van der Waals surface area contributed by atoms with Crippen molar-refractivity contribution in [2.24, 2.45) is 0 Å². The standard InChI is InChI=1S/C22H23Cl2FN2O3/c23-15-5-10-19(24)18(14-15)22(29)27-12-3-4-20(27)21(28)26-11-1-2-13-30-17-8-6-16(25)7-9-17/h5-10,14,20H,1-4,11-13H2,(H,26,28). The van der Waals surface area contributed by atoms with Crippen LogP contribution in [0.1, 0.15) is 36.0 Å². The molecule has 2 aromatic rings. The fourth-order valence-corrected chi connectivity index (χ4v) is 3.75. The zero-order chi connectivity index (χ0) is 21.5. The molecule has 0 bridgehead atoms. The van der Waals surface area contributed by atoms with Gasteiger partial charge in [0, 0.05) is 18.1 Å². The quantitative estimate of drug-likeness (QED) is 0.589. The number of ether oxygens (including phenoxy) is 1. The van der Waals surface area contributed by atoms with Crippen LogP contribution in [0.15, 0.2) is 42.5 Å². The van der Waals surface area contributed by atoms with E-state index >= 15 is 0 Å².